The summed E-state index contributed by atoms with van der Waals surface area (Å²) < 4.78 is 16.7. The first kappa shape index (κ1) is 60.3. The molecule has 0 saturated carbocycles. The molecule has 0 aliphatic carbocycles. The Bertz CT molecular complexity index is 1490. The first-order valence-electron chi connectivity index (χ1n) is 25.5. The van der Waals surface area contributed by atoms with E-state index in [-0.39, 0.29) is 44.0 Å². The van der Waals surface area contributed by atoms with Crippen LogP contribution in [0.4, 0.5) is 0 Å². The topological polar surface area (TPSA) is 78.9 Å². The molecule has 0 aromatic carbocycles. The Balaban J connectivity index is 4.52. The van der Waals surface area contributed by atoms with Gasteiger partial charge in [-0.2, -0.15) is 0 Å². The zero-order chi connectivity index (χ0) is 47.2. The zero-order valence-corrected chi connectivity index (χ0v) is 41.2. The number of rotatable bonds is 43. The van der Waals surface area contributed by atoms with Crippen LogP contribution < -0.4 is 0 Å². The fourth-order valence-electron chi connectivity index (χ4n) is 6.32. The van der Waals surface area contributed by atoms with E-state index in [1.54, 1.807) is 0 Å². The first-order chi connectivity index (χ1) is 32.0. The van der Waals surface area contributed by atoms with Crippen LogP contribution in [0.5, 0.6) is 0 Å². The molecule has 1 atom stereocenters. The summed E-state index contributed by atoms with van der Waals surface area (Å²) in [6.07, 6.45) is 74.1. The minimum atomic E-state index is -0.828. The minimum Gasteiger partial charge on any atom is -0.462 e. The maximum Gasteiger partial charge on any atom is 0.306 e. The number of carbonyl (C=O) groups excluding carboxylic acids is 3. The molecular formula is C59H90O6. The highest BCUT2D eigenvalue weighted by Gasteiger charge is 2.19. The van der Waals surface area contributed by atoms with Gasteiger partial charge in [-0.1, -0.05) is 231 Å². The first-order valence-corrected chi connectivity index (χ1v) is 25.5. The fourth-order valence-corrected chi connectivity index (χ4v) is 6.32. The van der Waals surface area contributed by atoms with Crippen LogP contribution in [0, 0.1) is 0 Å². The second-order valence-electron chi connectivity index (χ2n) is 16.1. The van der Waals surface area contributed by atoms with Crippen LogP contribution in [0.2, 0.25) is 0 Å². The maximum atomic E-state index is 12.8. The molecule has 0 spiro atoms. The average molecular weight is 895 g/mol. The Morgan fingerprint density at radius 3 is 1.11 bits per heavy atom. The number of carbonyl (C=O) groups is 3. The van der Waals surface area contributed by atoms with Crippen LogP contribution in [-0.2, 0) is 28.6 Å². The van der Waals surface area contributed by atoms with E-state index in [4.69, 9.17) is 14.2 Å². The molecule has 362 valence electrons. The van der Waals surface area contributed by atoms with Gasteiger partial charge in [0.05, 0.1) is 0 Å². The lowest BCUT2D eigenvalue weighted by Gasteiger charge is -2.18. The molecule has 0 amide bonds. The van der Waals surface area contributed by atoms with E-state index in [1.165, 1.54) is 38.5 Å². The molecular weight excluding hydrogens is 805 g/mol. The van der Waals surface area contributed by atoms with Crippen LogP contribution in [0.3, 0.4) is 0 Å². The van der Waals surface area contributed by atoms with Gasteiger partial charge in [0, 0.05) is 19.3 Å². The largest absolute Gasteiger partial charge is 0.462 e. The van der Waals surface area contributed by atoms with Gasteiger partial charge in [-0.05, 0) is 83.5 Å². The molecule has 0 aromatic heterocycles. The van der Waals surface area contributed by atoms with Gasteiger partial charge in [0.25, 0.3) is 0 Å². The van der Waals surface area contributed by atoms with Gasteiger partial charge in [-0.15, -0.1) is 0 Å². The second-order valence-corrected chi connectivity index (χ2v) is 16.1. The average Bonchev–Trinajstić information content (AvgIpc) is 3.30. The number of hydrogen-bond donors (Lipinski definition) is 0. The van der Waals surface area contributed by atoms with E-state index in [1.807, 2.05) is 79.0 Å². The molecule has 0 heterocycles. The third-order valence-corrected chi connectivity index (χ3v) is 10.0. The van der Waals surface area contributed by atoms with E-state index in [9.17, 15) is 14.4 Å². The summed E-state index contributed by atoms with van der Waals surface area (Å²) >= 11 is 0. The van der Waals surface area contributed by atoms with Gasteiger partial charge >= 0.3 is 17.9 Å². The van der Waals surface area contributed by atoms with Crippen molar-refractivity contribution in [3.8, 4) is 0 Å². The summed E-state index contributed by atoms with van der Waals surface area (Å²) in [6.45, 7) is 6.13. The molecule has 0 N–H and O–H groups in total. The van der Waals surface area contributed by atoms with Crippen molar-refractivity contribution in [2.45, 2.75) is 194 Å². The predicted octanol–water partition coefficient (Wildman–Crippen LogP) is 16.9. The monoisotopic (exact) mass is 895 g/mol. The number of hydrogen-bond acceptors (Lipinski definition) is 6. The Kier molecular flexibility index (Phi) is 48.2. The third-order valence-electron chi connectivity index (χ3n) is 10.0. The Labute approximate surface area is 397 Å². The van der Waals surface area contributed by atoms with Crippen molar-refractivity contribution in [1.82, 2.24) is 0 Å². The summed E-state index contributed by atoms with van der Waals surface area (Å²) in [5.41, 5.74) is 0. The molecule has 1 unspecified atom stereocenters. The van der Waals surface area contributed by atoms with E-state index >= 15 is 0 Å². The summed E-state index contributed by atoms with van der Waals surface area (Å²) in [5.74, 6) is -1.04. The summed E-state index contributed by atoms with van der Waals surface area (Å²) in [6, 6.07) is 0. The van der Waals surface area contributed by atoms with Crippen molar-refractivity contribution >= 4 is 17.9 Å². The number of unbranched alkanes of at least 4 members (excludes halogenated alkanes) is 15. The van der Waals surface area contributed by atoms with Crippen molar-refractivity contribution in [3.05, 3.63) is 146 Å². The SMILES string of the molecule is CC\C=C/C=C\C=C/C=C\C=C/CCCC(=O)OCC(COC(=O)CCCCCCCCCCC/C=C\C/C=C\C/C=C\CC)OC(=O)CCCCCCC\C=C/C=C\C=C/C=C\CC. The fraction of sp³-hybridized carbons (Fsp3) is 0.542. The summed E-state index contributed by atoms with van der Waals surface area (Å²) in [4.78, 5) is 38.0. The lowest BCUT2D eigenvalue weighted by atomic mass is 10.1. The van der Waals surface area contributed by atoms with Gasteiger partial charge in [-0.25, -0.2) is 0 Å². The zero-order valence-electron chi connectivity index (χ0n) is 41.2. The second kappa shape index (κ2) is 51.9. The van der Waals surface area contributed by atoms with Crippen LogP contribution in [0.15, 0.2) is 146 Å². The molecule has 0 rings (SSSR count). The summed E-state index contributed by atoms with van der Waals surface area (Å²) in [7, 11) is 0. The highest BCUT2D eigenvalue weighted by atomic mass is 16.6. The highest BCUT2D eigenvalue weighted by Crippen LogP contribution is 2.13. The van der Waals surface area contributed by atoms with Crippen molar-refractivity contribution in [1.29, 1.82) is 0 Å². The van der Waals surface area contributed by atoms with E-state index in [2.05, 4.69) is 87.6 Å². The van der Waals surface area contributed by atoms with Crippen molar-refractivity contribution in [2.24, 2.45) is 0 Å². The Hall–Kier alpha value is -4.71. The molecule has 65 heavy (non-hydrogen) atoms. The van der Waals surface area contributed by atoms with Crippen molar-refractivity contribution in [2.75, 3.05) is 13.2 Å². The maximum absolute atomic E-state index is 12.8. The molecule has 0 bridgehead atoms. The van der Waals surface area contributed by atoms with Crippen LogP contribution in [0.1, 0.15) is 188 Å². The van der Waals surface area contributed by atoms with Gasteiger partial charge in [-0.3, -0.25) is 14.4 Å². The predicted molar refractivity (Wildman–Crippen MR) is 279 cm³/mol. The van der Waals surface area contributed by atoms with Gasteiger partial charge in [0.15, 0.2) is 6.10 Å². The standard InChI is InChI=1S/C59H90O6/c1-4-7-10-13-16-19-22-25-27-28-29-30-32-34-37-40-43-46-49-52-58(61)64-55-56(54-63-57(60)51-48-45-42-39-36-33-24-21-18-15-12-9-6-3)65-59(62)53-50-47-44-41-38-35-31-26-23-20-17-14-11-8-5-2/h7-12,14-21,23-27,31,33,36,39,42,56H,4-6,13,22,28-30,32,34-35,37-38,40-41,43-55H2,1-3H3/b10-7-,11-8-,12-9-,17-14-,18-15-,19-16-,23-20-,24-21-,27-25-,31-26-,36-33-,42-39-. The van der Waals surface area contributed by atoms with Crippen LogP contribution >= 0.6 is 0 Å². The molecule has 6 heteroatoms. The third kappa shape index (κ3) is 50.2. The van der Waals surface area contributed by atoms with Crippen LogP contribution in [-0.4, -0.2) is 37.2 Å². The van der Waals surface area contributed by atoms with Crippen molar-refractivity contribution < 1.29 is 28.6 Å². The van der Waals surface area contributed by atoms with Gasteiger partial charge < -0.3 is 14.2 Å². The number of ether oxygens (including phenoxy) is 3. The van der Waals surface area contributed by atoms with E-state index in [0.717, 1.165) is 103 Å². The van der Waals surface area contributed by atoms with Crippen LogP contribution in [0.25, 0.3) is 0 Å². The smallest absolute Gasteiger partial charge is 0.306 e. The number of allylic oxidation sites excluding steroid dienone is 24. The lowest BCUT2D eigenvalue weighted by molar-refractivity contribution is -0.167. The molecule has 0 aromatic rings. The molecule has 0 radical (unpaired) electrons. The molecule has 0 fully saturated rings. The van der Waals surface area contributed by atoms with Gasteiger partial charge in [0.2, 0.25) is 0 Å². The molecule has 0 aliphatic rings. The Morgan fingerprint density at radius 2 is 0.646 bits per heavy atom. The van der Waals surface area contributed by atoms with E-state index < -0.39 is 6.10 Å². The summed E-state index contributed by atoms with van der Waals surface area (Å²) in [5, 5.41) is 0. The highest BCUT2D eigenvalue weighted by molar-refractivity contribution is 5.71. The normalized spacial score (nSPS) is 13.3. The number of esters is 3. The molecule has 0 saturated heterocycles. The molecule has 6 nitrogen and oxygen atoms in total. The lowest BCUT2D eigenvalue weighted by Crippen LogP contribution is -2.30. The van der Waals surface area contributed by atoms with Gasteiger partial charge in [0.1, 0.15) is 13.2 Å². The quantitative estimate of drug-likeness (QED) is 0.0199. The Morgan fingerprint density at radius 1 is 0.323 bits per heavy atom. The molecule has 0 aliphatic heterocycles. The van der Waals surface area contributed by atoms with Crippen molar-refractivity contribution in [3.63, 3.8) is 0 Å². The minimum absolute atomic E-state index is 0.120. The van der Waals surface area contributed by atoms with E-state index in [0.29, 0.717) is 12.8 Å².